The van der Waals surface area contributed by atoms with E-state index in [1.807, 2.05) is 14.0 Å². The summed E-state index contributed by atoms with van der Waals surface area (Å²) in [6, 6.07) is 13.2. The number of ketones is 1. The van der Waals surface area contributed by atoms with Crippen LogP contribution < -0.4 is 4.74 Å². The summed E-state index contributed by atoms with van der Waals surface area (Å²) in [6.45, 7) is 2.50. The number of Topliss-reactive ketones (excluding diaryl/α,β-unsaturated/α-hetero) is 1. The maximum absolute atomic E-state index is 13.1. The van der Waals surface area contributed by atoms with Crippen LogP contribution in [-0.4, -0.2) is 32.9 Å². The molecule has 0 atom stereocenters. The Balaban J connectivity index is 1.66. The van der Waals surface area contributed by atoms with E-state index in [2.05, 4.69) is 10.2 Å². The number of carbonyl (C=O) groups is 1. The number of aromatic nitrogens is 3. The van der Waals surface area contributed by atoms with Crippen molar-refractivity contribution in [2.24, 2.45) is 7.05 Å². The predicted octanol–water partition coefficient (Wildman–Crippen LogP) is 3.99. The zero-order chi connectivity index (χ0) is 18.5. The largest absolute Gasteiger partial charge is 0.494 e. The molecule has 0 aliphatic carbocycles. The molecule has 2 aromatic carbocycles. The molecule has 0 saturated heterocycles. The minimum atomic E-state index is -0.300. The van der Waals surface area contributed by atoms with Crippen LogP contribution in [0.3, 0.4) is 0 Å². The number of halogens is 1. The third kappa shape index (κ3) is 4.11. The van der Waals surface area contributed by atoms with E-state index >= 15 is 0 Å². The van der Waals surface area contributed by atoms with Crippen molar-refractivity contribution in [3.8, 4) is 17.1 Å². The van der Waals surface area contributed by atoms with Crippen LogP contribution >= 0.6 is 11.8 Å². The summed E-state index contributed by atoms with van der Waals surface area (Å²) in [5, 5.41) is 8.90. The first-order valence-electron chi connectivity index (χ1n) is 8.12. The van der Waals surface area contributed by atoms with Gasteiger partial charge in [-0.05, 0) is 55.5 Å². The highest BCUT2D eigenvalue weighted by atomic mass is 32.2. The SMILES string of the molecule is CCOc1ccc(C(=O)CSc2nnc(-c3ccc(F)cc3)n2C)cc1. The van der Waals surface area contributed by atoms with Gasteiger partial charge in [0.05, 0.1) is 12.4 Å². The Labute approximate surface area is 155 Å². The molecule has 3 rings (SSSR count). The smallest absolute Gasteiger partial charge is 0.191 e. The first-order chi connectivity index (χ1) is 12.6. The Morgan fingerprint density at radius 3 is 2.46 bits per heavy atom. The average Bonchev–Trinajstić information content (AvgIpc) is 3.02. The van der Waals surface area contributed by atoms with Gasteiger partial charge in [-0.2, -0.15) is 0 Å². The summed E-state index contributed by atoms with van der Waals surface area (Å²) in [7, 11) is 1.82. The highest BCUT2D eigenvalue weighted by Crippen LogP contribution is 2.23. The van der Waals surface area contributed by atoms with Crippen LogP contribution in [0, 0.1) is 5.82 Å². The maximum Gasteiger partial charge on any atom is 0.191 e. The molecular weight excluding hydrogens is 353 g/mol. The molecular formula is C19H18FN3O2S. The van der Waals surface area contributed by atoms with Gasteiger partial charge in [-0.25, -0.2) is 4.39 Å². The Morgan fingerprint density at radius 2 is 1.81 bits per heavy atom. The molecule has 0 aliphatic rings. The number of hydrogen-bond donors (Lipinski definition) is 0. The molecule has 0 amide bonds. The summed E-state index contributed by atoms with van der Waals surface area (Å²) < 4.78 is 20.2. The van der Waals surface area contributed by atoms with Crippen molar-refractivity contribution in [1.29, 1.82) is 0 Å². The van der Waals surface area contributed by atoms with E-state index in [0.29, 0.717) is 23.2 Å². The van der Waals surface area contributed by atoms with Crippen molar-refractivity contribution in [3.63, 3.8) is 0 Å². The normalized spacial score (nSPS) is 10.7. The quantitative estimate of drug-likeness (QED) is 0.464. The lowest BCUT2D eigenvalue weighted by Crippen LogP contribution is -2.04. The van der Waals surface area contributed by atoms with E-state index in [1.54, 1.807) is 41.0 Å². The lowest BCUT2D eigenvalue weighted by Gasteiger charge is -2.05. The summed E-state index contributed by atoms with van der Waals surface area (Å²) >= 11 is 1.32. The third-order valence-electron chi connectivity index (χ3n) is 3.76. The number of ether oxygens (including phenoxy) is 1. The molecule has 5 nitrogen and oxygen atoms in total. The first-order valence-corrected chi connectivity index (χ1v) is 9.11. The number of benzene rings is 2. The van der Waals surface area contributed by atoms with Gasteiger partial charge in [-0.15, -0.1) is 10.2 Å². The summed E-state index contributed by atoms with van der Waals surface area (Å²) in [4.78, 5) is 12.4. The molecule has 0 spiro atoms. The molecule has 0 N–H and O–H groups in total. The monoisotopic (exact) mass is 371 g/mol. The van der Waals surface area contributed by atoms with Gasteiger partial charge in [0.2, 0.25) is 0 Å². The van der Waals surface area contributed by atoms with Gasteiger partial charge in [0.25, 0.3) is 0 Å². The molecule has 0 fully saturated rings. The summed E-state index contributed by atoms with van der Waals surface area (Å²) in [5.41, 5.74) is 1.40. The van der Waals surface area contributed by atoms with Crippen LogP contribution in [0.5, 0.6) is 5.75 Å². The zero-order valence-corrected chi connectivity index (χ0v) is 15.3. The molecule has 0 aliphatic heterocycles. The van der Waals surface area contributed by atoms with Gasteiger partial charge in [0, 0.05) is 18.2 Å². The molecule has 1 heterocycles. The minimum absolute atomic E-state index is 0.00406. The summed E-state index contributed by atoms with van der Waals surface area (Å²) in [6.07, 6.45) is 0. The number of nitrogens with zero attached hydrogens (tertiary/aromatic N) is 3. The number of hydrogen-bond acceptors (Lipinski definition) is 5. The molecule has 26 heavy (non-hydrogen) atoms. The molecule has 0 bridgehead atoms. The fourth-order valence-electron chi connectivity index (χ4n) is 2.41. The molecule has 7 heteroatoms. The van der Waals surface area contributed by atoms with Gasteiger partial charge >= 0.3 is 0 Å². The van der Waals surface area contributed by atoms with Gasteiger partial charge in [0.15, 0.2) is 16.8 Å². The van der Waals surface area contributed by atoms with Crippen LogP contribution in [0.1, 0.15) is 17.3 Å². The van der Waals surface area contributed by atoms with Gasteiger partial charge in [-0.1, -0.05) is 11.8 Å². The van der Waals surface area contributed by atoms with E-state index in [9.17, 15) is 9.18 Å². The Morgan fingerprint density at radius 1 is 1.12 bits per heavy atom. The van der Waals surface area contributed by atoms with Crippen LogP contribution in [0.15, 0.2) is 53.7 Å². The van der Waals surface area contributed by atoms with E-state index in [0.717, 1.165) is 11.3 Å². The second-order valence-corrected chi connectivity index (χ2v) is 6.48. The third-order valence-corrected chi connectivity index (χ3v) is 4.78. The lowest BCUT2D eigenvalue weighted by molar-refractivity contribution is 0.102. The fraction of sp³-hybridized carbons (Fsp3) is 0.211. The van der Waals surface area contributed by atoms with Gasteiger partial charge < -0.3 is 9.30 Å². The maximum atomic E-state index is 13.1. The Bertz CT molecular complexity index is 892. The van der Waals surface area contributed by atoms with Crippen molar-refractivity contribution in [2.45, 2.75) is 12.1 Å². The van der Waals surface area contributed by atoms with Crippen LogP contribution in [0.4, 0.5) is 4.39 Å². The van der Waals surface area contributed by atoms with E-state index in [4.69, 9.17) is 4.74 Å². The zero-order valence-electron chi connectivity index (χ0n) is 14.5. The van der Waals surface area contributed by atoms with Gasteiger partial charge in [0.1, 0.15) is 11.6 Å². The van der Waals surface area contributed by atoms with E-state index < -0.39 is 0 Å². The van der Waals surface area contributed by atoms with E-state index in [1.165, 1.54) is 23.9 Å². The van der Waals surface area contributed by atoms with Crippen molar-refractivity contribution in [2.75, 3.05) is 12.4 Å². The van der Waals surface area contributed by atoms with Crippen molar-refractivity contribution in [3.05, 3.63) is 59.9 Å². The Kier molecular flexibility index (Phi) is 5.68. The number of rotatable bonds is 7. The average molecular weight is 371 g/mol. The van der Waals surface area contributed by atoms with Crippen molar-refractivity contribution < 1.29 is 13.9 Å². The highest BCUT2D eigenvalue weighted by molar-refractivity contribution is 7.99. The topological polar surface area (TPSA) is 57.0 Å². The second kappa shape index (κ2) is 8.14. The second-order valence-electron chi connectivity index (χ2n) is 5.54. The minimum Gasteiger partial charge on any atom is -0.494 e. The van der Waals surface area contributed by atoms with E-state index in [-0.39, 0.29) is 17.4 Å². The molecule has 134 valence electrons. The van der Waals surface area contributed by atoms with Crippen LogP contribution in [0.2, 0.25) is 0 Å². The van der Waals surface area contributed by atoms with Crippen molar-refractivity contribution >= 4 is 17.5 Å². The molecule has 1 aromatic heterocycles. The van der Waals surface area contributed by atoms with Crippen molar-refractivity contribution in [1.82, 2.24) is 14.8 Å². The fourth-order valence-corrected chi connectivity index (χ4v) is 3.21. The van der Waals surface area contributed by atoms with Gasteiger partial charge in [-0.3, -0.25) is 4.79 Å². The van der Waals surface area contributed by atoms with Crippen LogP contribution in [0.25, 0.3) is 11.4 Å². The summed E-state index contributed by atoms with van der Waals surface area (Å²) in [5.74, 6) is 1.33. The molecule has 0 unspecified atom stereocenters. The standard InChI is InChI=1S/C19H18FN3O2S/c1-3-25-16-10-6-13(7-11-16)17(24)12-26-19-22-21-18(23(19)2)14-4-8-15(20)9-5-14/h4-11H,3,12H2,1-2H3. The molecule has 3 aromatic rings. The first kappa shape index (κ1) is 18.1. The van der Waals surface area contributed by atoms with Crippen LogP contribution in [-0.2, 0) is 7.05 Å². The highest BCUT2D eigenvalue weighted by Gasteiger charge is 2.14. The lowest BCUT2D eigenvalue weighted by atomic mass is 10.1. The number of carbonyl (C=O) groups excluding carboxylic acids is 1. The Hall–Kier alpha value is -2.67. The number of thioether (sulfide) groups is 1. The predicted molar refractivity (Wildman–Crippen MR) is 99.1 cm³/mol. The molecule has 0 saturated carbocycles. The molecule has 0 radical (unpaired) electrons.